The average Bonchev–Trinajstić information content (AvgIpc) is 2.44. The Morgan fingerprint density at radius 1 is 1.41 bits per heavy atom. The van der Waals surface area contributed by atoms with Crippen LogP contribution in [0.3, 0.4) is 0 Å². The van der Waals surface area contributed by atoms with Crippen molar-refractivity contribution < 1.29 is 9.53 Å². The zero-order chi connectivity index (χ0) is 16.3. The molecule has 0 radical (unpaired) electrons. The van der Waals surface area contributed by atoms with Crippen LogP contribution in [0.5, 0.6) is 0 Å². The fraction of sp³-hybridized carbons (Fsp3) is 0.375. The number of thiocarbonyl (C=S) groups is 1. The summed E-state index contributed by atoms with van der Waals surface area (Å²) < 4.78 is 5.38. The molecule has 2 N–H and O–H groups in total. The molecule has 0 saturated heterocycles. The first-order chi connectivity index (χ1) is 10.4. The Morgan fingerprint density at radius 2 is 2.09 bits per heavy atom. The summed E-state index contributed by atoms with van der Waals surface area (Å²) >= 11 is 11.5. The SMILES string of the molecule is CC1=C(C(=O)OCC(C)C)[C@H](c2ccccc2Cl)NC(=S)N1. The molecule has 1 aliphatic heterocycles. The Balaban J connectivity index is 2.37. The molecular formula is C16H19ClN2O2S. The second-order valence-corrected chi connectivity index (χ2v) is 6.40. The molecule has 22 heavy (non-hydrogen) atoms. The van der Waals surface area contributed by atoms with Gasteiger partial charge in [-0.1, -0.05) is 43.6 Å². The van der Waals surface area contributed by atoms with E-state index in [-0.39, 0.29) is 11.9 Å². The fourth-order valence-corrected chi connectivity index (χ4v) is 2.74. The number of allylic oxidation sites excluding steroid dienone is 1. The van der Waals surface area contributed by atoms with Crippen molar-refractivity contribution in [1.29, 1.82) is 0 Å². The van der Waals surface area contributed by atoms with Crippen molar-refractivity contribution in [3.63, 3.8) is 0 Å². The van der Waals surface area contributed by atoms with Gasteiger partial charge in [0.25, 0.3) is 0 Å². The van der Waals surface area contributed by atoms with Crippen LogP contribution in [0, 0.1) is 5.92 Å². The quantitative estimate of drug-likeness (QED) is 0.651. The molecular weight excluding hydrogens is 320 g/mol. The lowest BCUT2D eigenvalue weighted by molar-refractivity contribution is -0.140. The number of carbonyl (C=O) groups is 1. The van der Waals surface area contributed by atoms with Gasteiger partial charge in [0.05, 0.1) is 18.2 Å². The number of carbonyl (C=O) groups excluding carboxylic acids is 1. The van der Waals surface area contributed by atoms with Crippen LogP contribution in [0.15, 0.2) is 35.5 Å². The van der Waals surface area contributed by atoms with Crippen LogP contribution in [0.4, 0.5) is 0 Å². The molecule has 6 heteroatoms. The maximum atomic E-state index is 12.5. The van der Waals surface area contributed by atoms with Crippen LogP contribution in [-0.4, -0.2) is 17.7 Å². The Bertz CT molecular complexity index is 628. The van der Waals surface area contributed by atoms with Crippen molar-refractivity contribution in [2.75, 3.05) is 6.61 Å². The zero-order valence-electron chi connectivity index (χ0n) is 12.8. The van der Waals surface area contributed by atoms with Gasteiger partial charge in [-0.3, -0.25) is 0 Å². The molecule has 0 spiro atoms. The van der Waals surface area contributed by atoms with Crippen molar-refractivity contribution in [2.45, 2.75) is 26.8 Å². The van der Waals surface area contributed by atoms with Gasteiger partial charge >= 0.3 is 5.97 Å². The number of hydrogen-bond donors (Lipinski definition) is 2. The summed E-state index contributed by atoms with van der Waals surface area (Å²) in [6, 6.07) is 6.97. The number of benzene rings is 1. The van der Waals surface area contributed by atoms with Gasteiger partial charge in [-0.25, -0.2) is 4.79 Å². The van der Waals surface area contributed by atoms with Gasteiger partial charge in [-0.05, 0) is 36.7 Å². The third-order valence-corrected chi connectivity index (χ3v) is 3.82. The van der Waals surface area contributed by atoms with Gasteiger partial charge in [0.2, 0.25) is 0 Å². The maximum absolute atomic E-state index is 12.5. The number of nitrogens with one attached hydrogen (secondary N) is 2. The Kier molecular flexibility index (Phi) is 5.42. The molecule has 0 unspecified atom stereocenters. The van der Waals surface area contributed by atoms with Crippen molar-refractivity contribution in [1.82, 2.24) is 10.6 Å². The van der Waals surface area contributed by atoms with Crippen molar-refractivity contribution in [3.05, 3.63) is 46.1 Å². The fourth-order valence-electron chi connectivity index (χ4n) is 2.23. The van der Waals surface area contributed by atoms with Crippen LogP contribution >= 0.6 is 23.8 Å². The Morgan fingerprint density at radius 3 is 2.73 bits per heavy atom. The normalized spacial score (nSPS) is 18.0. The highest BCUT2D eigenvalue weighted by atomic mass is 35.5. The lowest BCUT2D eigenvalue weighted by atomic mass is 9.95. The highest BCUT2D eigenvalue weighted by molar-refractivity contribution is 7.80. The summed E-state index contributed by atoms with van der Waals surface area (Å²) in [6.45, 7) is 6.16. The van der Waals surface area contributed by atoms with E-state index in [9.17, 15) is 4.79 Å². The minimum atomic E-state index is -0.415. The van der Waals surface area contributed by atoms with Gasteiger partial charge in [-0.15, -0.1) is 0 Å². The number of halogens is 1. The van der Waals surface area contributed by atoms with Crippen molar-refractivity contribution in [3.8, 4) is 0 Å². The first-order valence-electron chi connectivity index (χ1n) is 7.10. The van der Waals surface area contributed by atoms with E-state index < -0.39 is 6.04 Å². The summed E-state index contributed by atoms with van der Waals surface area (Å²) in [7, 11) is 0. The van der Waals surface area contributed by atoms with Gasteiger partial charge in [0.1, 0.15) is 0 Å². The van der Waals surface area contributed by atoms with Crippen LogP contribution < -0.4 is 10.6 Å². The first kappa shape index (κ1) is 16.8. The van der Waals surface area contributed by atoms with Gasteiger partial charge in [0, 0.05) is 10.7 Å². The van der Waals surface area contributed by atoms with Crippen LogP contribution in [0.2, 0.25) is 5.02 Å². The minimum Gasteiger partial charge on any atom is -0.462 e. The molecule has 0 bridgehead atoms. The summed E-state index contributed by atoms with van der Waals surface area (Å²) in [4.78, 5) is 12.5. The lowest BCUT2D eigenvalue weighted by Gasteiger charge is -2.30. The van der Waals surface area contributed by atoms with Gasteiger partial charge < -0.3 is 15.4 Å². The number of hydrogen-bond acceptors (Lipinski definition) is 3. The van der Waals surface area contributed by atoms with E-state index in [4.69, 9.17) is 28.6 Å². The second-order valence-electron chi connectivity index (χ2n) is 5.58. The van der Waals surface area contributed by atoms with E-state index in [1.165, 1.54) is 0 Å². The molecule has 1 atom stereocenters. The first-order valence-corrected chi connectivity index (χ1v) is 7.88. The Labute approximate surface area is 140 Å². The summed E-state index contributed by atoms with van der Waals surface area (Å²) in [6.07, 6.45) is 0. The molecule has 1 aromatic carbocycles. The average molecular weight is 339 g/mol. The number of ether oxygens (including phenoxy) is 1. The topological polar surface area (TPSA) is 50.4 Å². The second kappa shape index (κ2) is 7.11. The smallest absolute Gasteiger partial charge is 0.338 e. The van der Waals surface area contributed by atoms with Gasteiger partial charge in [0.15, 0.2) is 5.11 Å². The molecule has 1 aromatic rings. The van der Waals surface area contributed by atoms with Crippen LogP contribution in [0.25, 0.3) is 0 Å². The molecule has 0 saturated carbocycles. The molecule has 1 heterocycles. The third-order valence-electron chi connectivity index (χ3n) is 3.25. The monoisotopic (exact) mass is 338 g/mol. The number of esters is 1. The van der Waals surface area contributed by atoms with Crippen molar-refractivity contribution in [2.24, 2.45) is 5.92 Å². The molecule has 2 rings (SSSR count). The molecule has 0 aliphatic carbocycles. The van der Waals surface area contributed by atoms with E-state index in [0.29, 0.717) is 28.0 Å². The van der Waals surface area contributed by atoms with Gasteiger partial charge in [-0.2, -0.15) is 0 Å². The molecule has 118 valence electrons. The third kappa shape index (κ3) is 3.78. The van der Waals surface area contributed by atoms with E-state index >= 15 is 0 Å². The lowest BCUT2D eigenvalue weighted by Crippen LogP contribution is -2.45. The molecule has 4 nitrogen and oxygen atoms in total. The van der Waals surface area contributed by atoms with E-state index in [1.54, 1.807) is 6.07 Å². The Hall–Kier alpha value is -1.59. The maximum Gasteiger partial charge on any atom is 0.338 e. The zero-order valence-corrected chi connectivity index (χ0v) is 14.3. The van der Waals surface area contributed by atoms with Crippen LogP contribution in [-0.2, 0) is 9.53 Å². The van der Waals surface area contributed by atoms with Crippen LogP contribution in [0.1, 0.15) is 32.4 Å². The number of rotatable bonds is 4. The highest BCUT2D eigenvalue weighted by Crippen LogP contribution is 2.32. The summed E-state index contributed by atoms with van der Waals surface area (Å²) in [5.74, 6) is -0.0900. The van der Waals surface area contributed by atoms with E-state index in [1.807, 2.05) is 39.0 Å². The van der Waals surface area contributed by atoms with E-state index in [0.717, 1.165) is 5.56 Å². The van der Waals surface area contributed by atoms with E-state index in [2.05, 4.69) is 10.6 Å². The van der Waals surface area contributed by atoms with Crippen molar-refractivity contribution >= 4 is 34.9 Å². The molecule has 0 amide bonds. The summed E-state index contributed by atoms with van der Waals surface area (Å²) in [5, 5.41) is 7.11. The standard InChI is InChI=1S/C16H19ClN2O2S/c1-9(2)8-21-15(20)13-10(3)18-16(22)19-14(13)11-6-4-5-7-12(11)17/h4-7,9,14H,8H2,1-3H3,(H2,18,19,22)/t14-/m0/s1. The predicted molar refractivity (Wildman–Crippen MR) is 91.6 cm³/mol. The predicted octanol–water partition coefficient (Wildman–Crippen LogP) is 3.33. The highest BCUT2D eigenvalue weighted by Gasteiger charge is 2.32. The molecule has 0 fully saturated rings. The molecule has 1 aliphatic rings. The largest absolute Gasteiger partial charge is 0.462 e. The minimum absolute atomic E-state index is 0.272. The summed E-state index contributed by atoms with van der Waals surface area (Å²) in [5.41, 5.74) is 1.98. The molecule has 0 aromatic heterocycles.